The standard InChI is InChI=1S/C15H19N7O2.2ClH/c1-22-7-10-5-16-8-15(10,9-22)14(23)19-6-11-20-13(21-24-11)12-17-3-2-4-18-12;;/h2-4,10,16H,5-9H2,1H3,(H,19,23);2*1H/t10-,15-;;/m1../s1. The maximum atomic E-state index is 12.8. The van der Waals surface area contributed by atoms with Crippen LogP contribution in [0.4, 0.5) is 0 Å². The molecule has 11 heteroatoms. The van der Waals surface area contributed by atoms with Gasteiger partial charge in [0.15, 0.2) is 0 Å². The second-order valence-corrected chi connectivity index (χ2v) is 6.45. The van der Waals surface area contributed by atoms with E-state index < -0.39 is 0 Å². The number of rotatable bonds is 4. The normalized spacial score (nSPS) is 24.4. The van der Waals surface area contributed by atoms with Gasteiger partial charge in [0.25, 0.3) is 0 Å². The van der Waals surface area contributed by atoms with Gasteiger partial charge in [0.2, 0.25) is 23.4 Å². The molecule has 2 atom stereocenters. The number of hydrogen-bond acceptors (Lipinski definition) is 8. The van der Waals surface area contributed by atoms with Crippen molar-refractivity contribution in [3.05, 3.63) is 24.4 Å². The molecular weight excluding hydrogens is 381 g/mol. The van der Waals surface area contributed by atoms with Gasteiger partial charge in [0.1, 0.15) is 0 Å². The molecule has 2 aliphatic heterocycles. The molecule has 2 aromatic heterocycles. The van der Waals surface area contributed by atoms with E-state index in [4.69, 9.17) is 4.52 Å². The van der Waals surface area contributed by atoms with Gasteiger partial charge in [-0.3, -0.25) is 4.79 Å². The Morgan fingerprint density at radius 1 is 1.38 bits per heavy atom. The number of amides is 1. The molecule has 26 heavy (non-hydrogen) atoms. The maximum absolute atomic E-state index is 12.8. The molecule has 0 aromatic carbocycles. The quantitative estimate of drug-likeness (QED) is 0.744. The van der Waals surface area contributed by atoms with Gasteiger partial charge in [-0.25, -0.2) is 9.97 Å². The van der Waals surface area contributed by atoms with E-state index in [0.717, 1.165) is 19.6 Å². The van der Waals surface area contributed by atoms with E-state index in [1.54, 1.807) is 18.5 Å². The molecule has 0 radical (unpaired) electrons. The van der Waals surface area contributed by atoms with Crippen LogP contribution in [-0.2, 0) is 11.3 Å². The van der Waals surface area contributed by atoms with Crippen molar-refractivity contribution in [2.75, 3.05) is 33.2 Å². The number of hydrogen-bond donors (Lipinski definition) is 2. The van der Waals surface area contributed by atoms with Crippen LogP contribution in [0.2, 0.25) is 0 Å². The highest BCUT2D eigenvalue weighted by molar-refractivity contribution is 5.85. The Morgan fingerprint density at radius 3 is 2.92 bits per heavy atom. The Morgan fingerprint density at radius 2 is 2.15 bits per heavy atom. The highest BCUT2D eigenvalue weighted by atomic mass is 35.5. The summed E-state index contributed by atoms with van der Waals surface area (Å²) >= 11 is 0. The van der Waals surface area contributed by atoms with E-state index >= 15 is 0 Å². The summed E-state index contributed by atoms with van der Waals surface area (Å²) in [6, 6.07) is 1.72. The Kier molecular flexibility index (Phi) is 6.51. The van der Waals surface area contributed by atoms with Crippen LogP contribution in [-0.4, -0.2) is 64.1 Å². The van der Waals surface area contributed by atoms with Crippen LogP contribution in [0.3, 0.4) is 0 Å². The molecule has 1 amide bonds. The average Bonchev–Trinajstić information content (AvgIpc) is 3.27. The van der Waals surface area contributed by atoms with Gasteiger partial charge in [-0.05, 0) is 13.1 Å². The molecule has 0 spiro atoms. The molecule has 142 valence electrons. The smallest absolute Gasteiger partial charge is 0.246 e. The first kappa shape index (κ1) is 20.5. The van der Waals surface area contributed by atoms with Crippen molar-refractivity contribution >= 4 is 30.7 Å². The largest absolute Gasteiger partial charge is 0.346 e. The lowest BCUT2D eigenvalue weighted by Crippen LogP contribution is -2.46. The minimum Gasteiger partial charge on any atom is -0.346 e. The summed E-state index contributed by atoms with van der Waals surface area (Å²) in [4.78, 5) is 27.3. The third-order valence-electron chi connectivity index (χ3n) is 4.78. The van der Waals surface area contributed by atoms with Gasteiger partial charge in [0, 0.05) is 44.5 Å². The first-order valence-electron chi connectivity index (χ1n) is 7.95. The van der Waals surface area contributed by atoms with Crippen molar-refractivity contribution < 1.29 is 9.32 Å². The second-order valence-electron chi connectivity index (χ2n) is 6.45. The summed E-state index contributed by atoms with van der Waals surface area (Å²) in [5.74, 6) is 1.45. The summed E-state index contributed by atoms with van der Waals surface area (Å²) in [6.07, 6.45) is 3.23. The molecule has 4 heterocycles. The number of likely N-dealkylation sites (tertiary alicyclic amines) is 1. The van der Waals surface area contributed by atoms with Gasteiger partial charge < -0.3 is 20.1 Å². The molecule has 0 unspecified atom stereocenters. The minimum atomic E-state index is -0.361. The summed E-state index contributed by atoms with van der Waals surface area (Å²) < 4.78 is 5.18. The van der Waals surface area contributed by atoms with Gasteiger partial charge in [-0.1, -0.05) is 5.16 Å². The summed E-state index contributed by atoms with van der Waals surface area (Å²) in [6.45, 7) is 3.51. The summed E-state index contributed by atoms with van der Waals surface area (Å²) in [7, 11) is 2.05. The molecule has 0 saturated carbocycles. The lowest BCUT2D eigenvalue weighted by molar-refractivity contribution is -0.131. The zero-order valence-corrected chi connectivity index (χ0v) is 15.8. The molecular formula is C15H21Cl2N7O2. The van der Waals surface area contributed by atoms with Crippen molar-refractivity contribution in [1.82, 2.24) is 35.6 Å². The highest BCUT2D eigenvalue weighted by Gasteiger charge is 2.53. The number of aromatic nitrogens is 4. The van der Waals surface area contributed by atoms with Gasteiger partial charge >= 0.3 is 0 Å². The summed E-state index contributed by atoms with van der Waals surface area (Å²) in [5, 5.41) is 10.1. The number of fused-ring (bicyclic) bond motifs is 1. The lowest BCUT2D eigenvalue weighted by atomic mass is 9.80. The number of halogens is 2. The van der Waals surface area contributed by atoms with Gasteiger partial charge in [0.05, 0.1) is 12.0 Å². The molecule has 2 N–H and O–H groups in total. The zero-order chi connectivity index (χ0) is 16.6. The molecule has 0 aliphatic carbocycles. The van der Waals surface area contributed by atoms with Crippen LogP contribution >= 0.6 is 24.8 Å². The van der Waals surface area contributed by atoms with Crippen molar-refractivity contribution in [3.63, 3.8) is 0 Å². The van der Waals surface area contributed by atoms with Crippen LogP contribution in [0, 0.1) is 11.3 Å². The molecule has 0 bridgehead atoms. The monoisotopic (exact) mass is 401 g/mol. The van der Waals surface area contributed by atoms with Crippen molar-refractivity contribution in [2.24, 2.45) is 11.3 Å². The average molecular weight is 402 g/mol. The topological polar surface area (TPSA) is 109 Å². The van der Waals surface area contributed by atoms with E-state index in [-0.39, 0.29) is 42.7 Å². The number of nitrogens with zero attached hydrogens (tertiary/aromatic N) is 5. The molecule has 2 aromatic rings. The van der Waals surface area contributed by atoms with Crippen molar-refractivity contribution in [1.29, 1.82) is 0 Å². The number of carbonyl (C=O) groups excluding carboxylic acids is 1. The Balaban J connectivity index is 0.00000121. The maximum Gasteiger partial charge on any atom is 0.246 e. The van der Waals surface area contributed by atoms with Crippen molar-refractivity contribution in [3.8, 4) is 11.6 Å². The minimum absolute atomic E-state index is 0. The van der Waals surface area contributed by atoms with Gasteiger partial charge in [-0.2, -0.15) is 4.98 Å². The predicted octanol–water partition coefficient (Wildman–Crippen LogP) is 0.138. The Labute approximate surface area is 163 Å². The lowest BCUT2D eigenvalue weighted by Gasteiger charge is -2.26. The molecule has 2 fully saturated rings. The van der Waals surface area contributed by atoms with Gasteiger partial charge in [-0.15, -0.1) is 24.8 Å². The number of carbonyl (C=O) groups is 1. The zero-order valence-electron chi connectivity index (χ0n) is 14.2. The highest BCUT2D eigenvalue weighted by Crippen LogP contribution is 2.38. The predicted molar refractivity (Wildman–Crippen MR) is 98.0 cm³/mol. The fraction of sp³-hybridized carbons (Fsp3) is 0.533. The molecule has 2 aliphatic rings. The third kappa shape index (κ3) is 3.66. The van der Waals surface area contributed by atoms with Crippen molar-refractivity contribution in [2.45, 2.75) is 6.54 Å². The van der Waals surface area contributed by atoms with E-state index in [1.807, 2.05) is 0 Å². The van der Waals surface area contributed by atoms with Crippen LogP contribution in [0.15, 0.2) is 23.0 Å². The SMILES string of the molecule is CN1C[C@H]2CNC[C@@]2(C(=O)NCc2nc(-c3ncccn3)no2)C1.Cl.Cl. The third-order valence-corrected chi connectivity index (χ3v) is 4.78. The number of nitrogens with one attached hydrogen (secondary N) is 2. The molecule has 2 saturated heterocycles. The fourth-order valence-corrected chi connectivity index (χ4v) is 3.66. The Bertz CT molecular complexity index is 745. The van der Waals surface area contributed by atoms with E-state index in [1.165, 1.54) is 0 Å². The van der Waals surface area contributed by atoms with Crippen LogP contribution in [0.5, 0.6) is 0 Å². The van der Waals surface area contributed by atoms with Crippen LogP contribution in [0.25, 0.3) is 11.6 Å². The van der Waals surface area contributed by atoms with E-state index in [0.29, 0.717) is 30.0 Å². The second kappa shape index (κ2) is 8.26. The van der Waals surface area contributed by atoms with Crippen LogP contribution < -0.4 is 10.6 Å². The first-order chi connectivity index (χ1) is 11.7. The van der Waals surface area contributed by atoms with E-state index in [2.05, 4.69) is 42.7 Å². The molecule has 9 nitrogen and oxygen atoms in total. The first-order valence-corrected chi connectivity index (χ1v) is 7.95. The summed E-state index contributed by atoms with van der Waals surface area (Å²) in [5.41, 5.74) is -0.361. The molecule has 4 rings (SSSR count). The van der Waals surface area contributed by atoms with Crippen LogP contribution in [0.1, 0.15) is 5.89 Å². The fourth-order valence-electron chi connectivity index (χ4n) is 3.66. The van der Waals surface area contributed by atoms with E-state index in [9.17, 15) is 4.79 Å². The Hall–Kier alpha value is -1.81.